The number of carbonyl (C=O) groups excluding carboxylic acids is 1. The number of anilines is 1. The third kappa shape index (κ3) is 3.30. The number of hydrogen-bond donors (Lipinski definition) is 3. The van der Waals surface area contributed by atoms with Crippen LogP contribution >= 0.6 is 0 Å². The van der Waals surface area contributed by atoms with Gasteiger partial charge in [-0.05, 0) is 18.9 Å². The summed E-state index contributed by atoms with van der Waals surface area (Å²) in [5.41, 5.74) is 2.09. The van der Waals surface area contributed by atoms with Gasteiger partial charge in [0.15, 0.2) is 0 Å². The smallest absolute Gasteiger partial charge is 0.241 e. The maximum Gasteiger partial charge on any atom is 0.241 e. The Hall–Kier alpha value is -2.28. The Balaban J connectivity index is 1.60. The number of fused-ring (bicyclic) bond motifs is 1. The van der Waals surface area contributed by atoms with E-state index in [0.717, 1.165) is 30.7 Å². The lowest BCUT2D eigenvalue weighted by atomic mass is 9.93. The molecule has 0 fully saturated rings. The van der Waals surface area contributed by atoms with E-state index in [2.05, 4.69) is 15.7 Å². The SMILES string of the molecule is O=C(Cn1cc(N[C@@H]2CCCc3occc32)cn1)NCCO. The predicted octanol–water partition coefficient (Wildman–Crippen LogP) is 1.07. The van der Waals surface area contributed by atoms with Gasteiger partial charge in [-0.2, -0.15) is 5.10 Å². The fourth-order valence-corrected chi connectivity index (χ4v) is 2.76. The zero-order valence-corrected chi connectivity index (χ0v) is 12.3. The molecule has 1 aliphatic carbocycles. The molecule has 7 heteroatoms. The number of hydrogen-bond acceptors (Lipinski definition) is 5. The largest absolute Gasteiger partial charge is 0.469 e. The quantitative estimate of drug-likeness (QED) is 0.742. The second-order valence-electron chi connectivity index (χ2n) is 5.39. The predicted molar refractivity (Wildman–Crippen MR) is 80.3 cm³/mol. The van der Waals surface area contributed by atoms with Crippen LogP contribution in [0.2, 0.25) is 0 Å². The minimum atomic E-state index is -0.168. The van der Waals surface area contributed by atoms with E-state index in [9.17, 15) is 4.79 Å². The van der Waals surface area contributed by atoms with E-state index in [1.54, 1.807) is 17.1 Å². The van der Waals surface area contributed by atoms with Gasteiger partial charge in [-0.15, -0.1) is 0 Å². The Morgan fingerprint density at radius 1 is 1.55 bits per heavy atom. The van der Waals surface area contributed by atoms with Gasteiger partial charge in [0, 0.05) is 24.7 Å². The lowest BCUT2D eigenvalue weighted by Gasteiger charge is -2.22. The van der Waals surface area contributed by atoms with Crippen LogP contribution in [0.15, 0.2) is 29.1 Å². The van der Waals surface area contributed by atoms with Crippen molar-refractivity contribution >= 4 is 11.6 Å². The number of aryl methyl sites for hydroxylation is 1. The van der Waals surface area contributed by atoms with Crippen molar-refractivity contribution in [3.8, 4) is 0 Å². The molecule has 0 saturated carbocycles. The van der Waals surface area contributed by atoms with Gasteiger partial charge in [0.2, 0.25) is 5.91 Å². The normalized spacial score (nSPS) is 17.0. The summed E-state index contributed by atoms with van der Waals surface area (Å²) < 4.78 is 7.06. The molecule has 1 amide bonds. The molecule has 2 aromatic rings. The molecule has 0 unspecified atom stereocenters. The lowest BCUT2D eigenvalue weighted by Crippen LogP contribution is -2.30. The minimum absolute atomic E-state index is 0.0631. The first-order valence-corrected chi connectivity index (χ1v) is 7.49. The third-order valence-corrected chi connectivity index (χ3v) is 3.77. The van der Waals surface area contributed by atoms with E-state index in [0.29, 0.717) is 0 Å². The summed E-state index contributed by atoms with van der Waals surface area (Å²) in [6.45, 7) is 0.340. The third-order valence-electron chi connectivity index (χ3n) is 3.77. The van der Waals surface area contributed by atoms with Crippen molar-refractivity contribution in [2.45, 2.75) is 31.8 Å². The number of nitrogens with zero attached hydrogens (tertiary/aromatic N) is 2. The van der Waals surface area contributed by atoms with E-state index < -0.39 is 0 Å². The molecule has 3 rings (SSSR count). The highest BCUT2D eigenvalue weighted by molar-refractivity contribution is 5.75. The lowest BCUT2D eigenvalue weighted by molar-refractivity contribution is -0.122. The van der Waals surface area contributed by atoms with Gasteiger partial charge in [-0.3, -0.25) is 9.48 Å². The van der Waals surface area contributed by atoms with E-state index in [-0.39, 0.29) is 31.6 Å². The maximum absolute atomic E-state index is 11.6. The number of nitrogens with one attached hydrogen (secondary N) is 2. The van der Waals surface area contributed by atoms with Crippen molar-refractivity contribution in [1.29, 1.82) is 0 Å². The van der Waals surface area contributed by atoms with E-state index in [4.69, 9.17) is 9.52 Å². The van der Waals surface area contributed by atoms with Gasteiger partial charge in [-0.25, -0.2) is 0 Å². The van der Waals surface area contributed by atoms with Crippen LogP contribution in [-0.4, -0.2) is 33.9 Å². The average Bonchev–Trinajstić information content (AvgIpc) is 3.15. The number of aliphatic hydroxyl groups is 1. The summed E-state index contributed by atoms with van der Waals surface area (Å²) in [5, 5.41) is 18.9. The zero-order chi connectivity index (χ0) is 15.4. The molecule has 0 spiro atoms. The minimum Gasteiger partial charge on any atom is -0.469 e. The van der Waals surface area contributed by atoms with Crippen LogP contribution < -0.4 is 10.6 Å². The van der Waals surface area contributed by atoms with Crippen molar-refractivity contribution in [2.75, 3.05) is 18.5 Å². The van der Waals surface area contributed by atoms with Crippen LogP contribution in [0.5, 0.6) is 0 Å². The first-order chi connectivity index (χ1) is 10.8. The number of carbonyl (C=O) groups is 1. The number of aromatic nitrogens is 2. The van der Waals surface area contributed by atoms with Gasteiger partial charge in [-0.1, -0.05) is 0 Å². The number of furan rings is 1. The molecule has 7 nitrogen and oxygen atoms in total. The van der Waals surface area contributed by atoms with Gasteiger partial charge in [0.05, 0.1) is 30.8 Å². The molecule has 22 heavy (non-hydrogen) atoms. The summed E-state index contributed by atoms with van der Waals surface area (Å²) in [5.74, 6) is 0.887. The highest BCUT2D eigenvalue weighted by Crippen LogP contribution is 2.32. The number of amides is 1. The molecule has 0 aliphatic heterocycles. The van der Waals surface area contributed by atoms with Gasteiger partial charge < -0.3 is 20.2 Å². The number of aliphatic hydroxyl groups excluding tert-OH is 1. The van der Waals surface area contributed by atoms with E-state index >= 15 is 0 Å². The van der Waals surface area contributed by atoms with Gasteiger partial charge in [0.25, 0.3) is 0 Å². The van der Waals surface area contributed by atoms with Gasteiger partial charge in [0.1, 0.15) is 12.3 Å². The highest BCUT2D eigenvalue weighted by atomic mass is 16.3. The zero-order valence-electron chi connectivity index (χ0n) is 12.3. The molecule has 118 valence electrons. The van der Waals surface area contributed by atoms with Crippen LogP contribution in [-0.2, 0) is 17.8 Å². The van der Waals surface area contributed by atoms with Crippen molar-refractivity contribution in [3.63, 3.8) is 0 Å². The maximum atomic E-state index is 11.6. The van der Waals surface area contributed by atoms with Crippen LogP contribution in [0.25, 0.3) is 0 Å². The Labute approximate surface area is 128 Å². The molecule has 1 atom stereocenters. The molecule has 0 aromatic carbocycles. The topological polar surface area (TPSA) is 92.3 Å². The fraction of sp³-hybridized carbons (Fsp3) is 0.467. The molecule has 2 heterocycles. The van der Waals surface area contributed by atoms with E-state index in [1.807, 2.05) is 12.3 Å². The van der Waals surface area contributed by atoms with Gasteiger partial charge >= 0.3 is 0 Å². The van der Waals surface area contributed by atoms with Crippen molar-refractivity contribution in [2.24, 2.45) is 0 Å². The fourth-order valence-electron chi connectivity index (χ4n) is 2.76. The van der Waals surface area contributed by atoms with Crippen molar-refractivity contribution in [1.82, 2.24) is 15.1 Å². The average molecular weight is 304 g/mol. The Bertz CT molecular complexity index is 634. The highest BCUT2D eigenvalue weighted by Gasteiger charge is 2.22. The standard InChI is InChI=1S/C15H20N4O3/c20-6-5-16-15(21)10-19-9-11(8-17-19)18-13-2-1-3-14-12(13)4-7-22-14/h4,7-9,13,18,20H,1-3,5-6,10H2,(H,16,21)/t13-/m1/s1. The second-order valence-corrected chi connectivity index (χ2v) is 5.39. The molecule has 0 bridgehead atoms. The molecular weight excluding hydrogens is 284 g/mol. The molecule has 2 aromatic heterocycles. The molecular formula is C15H20N4O3. The summed E-state index contributed by atoms with van der Waals surface area (Å²) >= 11 is 0. The summed E-state index contributed by atoms with van der Waals surface area (Å²) in [6.07, 6.45) is 8.40. The second kappa shape index (κ2) is 6.65. The molecule has 3 N–H and O–H groups in total. The first-order valence-electron chi connectivity index (χ1n) is 7.49. The summed E-state index contributed by atoms with van der Waals surface area (Å²) in [6, 6.07) is 2.24. The molecule has 0 radical (unpaired) electrons. The molecule has 0 saturated heterocycles. The van der Waals surface area contributed by atoms with Crippen molar-refractivity contribution < 1.29 is 14.3 Å². The van der Waals surface area contributed by atoms with E-state index in [1.165, 1.54) is 5.56 Å². The Kier molecular flexibility index (Phi) is 4.43. The summed E-state index contributed by atoms with van der Waals surface area (Å²) in [4.78, 5) is 11.6. The number of rotatable bonds is 6. The monoisotopic (exact) mass is 304 g/mol. The molecule has 1 aliphatic rings. The summed E-state index contributed by atoms with van der Waals surface area (Å²) in [7, 11) is 0. The van der Waals surface area contributed by atoms with Crippen LogP contribution in [0.1, 0.15) is 30.2 Å². The van der Waals surface area contributed by atoms with Crippen LogP contribution in [0, 0.1) is 0 Å². The van der Waals surface area contributed by atoms with Crippen LogP contribution in [0.4, 0.5) is 5.69 Å². The van der Waals surface area contributed by atoms with Crippen molar-refractivity contribution in [3.05, 3.63) is 36.0 Å². The first kappa shape index (κ1) is 14.6. The Morgan fingerprint density at radius 2 is 2.45 bits per heavy atom. The van der Waals surface area contributed by atoms with Crippen LogP contribution in [0.3, 0.4) is 0 Å². The Morgan fingerprint density at radius 3 is 3.32 bits per heavy atom.